The molecule has 3 heteroatoms. The maximum Gasteiger partial charge on any atom is 0.0890 e. The summed E-state index contributed by atoms with van der Waals surface area (Å²) in [5.74, 6) is 0. The van der Waals surface area contributed by atoms with E-state index in [0.717, 1.165) is 28.2 Å². The molecule has 3 aromatic carbocycles. The number of nitrogen functional groups attached to an aromatic ring is 1. The fourth-order valence-corrected chi connectivity index (χ4v) is 2.40. The van der Waals surface area contributed by atoms with Crippen LogP contribution in [0.2, 0.25) is 0 Å². The molecular weight excluding hydrogens is 282 g/mol. The first kappa shape index (κ1) is 15.0. The molecule has 3 aromatic rings. The third kappa shape index (κ3) is 3.29. The van der Waals surface area contributed by atoms with E-state index in [1.165, 1.54) is 11.1 Å². The van der Waals surface area contributed by atoms with Gasteiger partial charge in [-0.05, 0) is 60.4 Å². The first-order valence-corrected chi connectivity index (χ1v) is 7.58. The average Bonchev–Trinajstić information content (AvgIpc) is 2.60. The third-order valence-corrected chi connectivity index (χ3v) is 4.05. The van der Waals surface area contributed by atoms with Crippen LogP contribution in [0.1, 0.15) is 11.1 Å². The predicted octanol–water partition coefficient (Wildman–Crippen LogP) is 5.97. The molecule has 0 heterocycles. The fourth-order valence-electron chi connectivity index (χ4n) is 2.40. The third-order valence-electron chi connectivity index (χ3n) is 4.05. The maximum absolute atomic E-state index is 5.90. The van der Waals surface area contributed by atoms with Crippen LogP contribution in [0.4, 0.5) is 17.1 Å². The molecule has 114 valence electrons. The molecule has 0 amide bonds. The average molecular weight is 301 g/mol. The second-order valence-corrected chi connectivity index (χ2v) is 5.54. The Kier molecular flexibility index (Phi) is 4.20. The van der Waals surface area contributed by atoms with E-state index < -0.39 is 0 Å². The molecule has 23 heavy (non-hydrogen) atoms. The van der Waals surface area contributed by atoms with Crippen LogP contribution in [0.15, 0.2) is 77.0 Å². The Labute approximate surface area is 136 Å². The summed E-state index contributed by atoms with van der Waals surface area (Å²) in [6.45, 7) is 4.01. The lowest BCUT2D eigenvalue weighted by Gasteiger charge is -2.06. The summed E-state index contributed by atoms with van der Waals surface area (Å²) in [6, 6.07) is 22.1. The van der Waals surface area contributed by atoms with Crippen molar-refractivity contribution < 1.29 is 0 Å². The number of benzene rings is 3. The van der Waals surface area contributed by atoms with E-state index in [9.17, 15) is 0 Å². The van der Waals surface area contributed by atoms with Gasteiger partial charge in [-0.2, -0.15) is 10.2 Å². The number of rotatable bonds is 3. The minimum atomic E-state index is 0.786. The highest BCUT2D eigenvalue weighted by Gasteiger charge is 2.03. The number of nitrogens with two attached hydrogens (primary N) is 1. The van der Waals surface area contributed by atoms with E-state index in [4.69, 9.17) is 5.73 Å². The highest BCUT2D eigenvalue weighted by Crippen LogP contribution is 2.28. The Morgan fingerprint density at radius 3 is 2.00 bits per heavy atom. The lowest BCUT2D eigenvalue weighted by Crippen LogP contribution is -1.91. The summed E-state index contributed by atoms with van der Waals surface area (Å²) in [6.07, 6.45) is 0. The van der Waals surface area contributed by atoms with E-state index in [1.54, 1.807) is 0 Å². The van der Waals surface area contributed by atoms with Gasteiger partial charge < -0.3 is 5.73 Å². The SMILES string of the molecule is Cc1c(N)ccc(N=Nc2ccc(-c3ccccc3)cc2)c1C. The van der Waals surface area contributed by atoms with E-state index in [-0.39, 0.29) is 0 Å². The Morgan fingerprint density at radius 2 is 1.30 bits per heavy atom. The molecule has 0 atom stereocenters. The number of hydrogen-bond donors (Lipinski definition) is 1. The molecular formula is C20H19N3. The van der Waals surface area contributed by atoms with Crippen LogP contribution < -0.4 is 5.73 Å². The van der Waals surface area contributed by atoms with Crippen molar-refractivity contribution in [3.05, 3.63) is 77.9 Å². The van der Waals surface area contributed by atoms with Crippen molar-refractivity contribution in [2.24, 2.45) is 10.2 Å². The molecule has 2 N–H and O–H groups in total. The van der Waals surface area contributed by atoms with E-state index in [2.05, 4.69) is 34.5 Å². The Morgan fingerprint density at radius 1 is 0.652 bits per heavy atom. The lowest BCUT2D eigenvalue weighted by atomic mass is 10.1. The molecule has 3 nitrogen and oxygen atoms in total. The van der Waals surface area contributed by atoms with Gasteiger partial charge in [-0.1, -0.05) is 42.5 Å². The largest absolute Gasteiger partial charge is 0.399 e. The van der Waals surface area contributed by atoms with Crippen molar-refractivity contribution in [1.82, 2.24) is 0 Å². The first-order valence-electron chi connectivity index (χ1n) is 7.58. The summed E-state index contributed by atoms with van der Waals surface area (Å²) in [5.41, 5.74) is 12.9. The van der Waals surface area contributed by atoms with Gasteiger partial charge in [0.05, 0.1) is 11.4 Å². The Bertz CT molecular complexity index is 835. The number of anilines is 1. The van der Waals surface area contributed by atoms with Crippen molar-refractivity contribution in [1.29, 1.82) is 0 Å². The van der Waals surface area contributed by atoms with Gasteiger partial charge in [0.25, 0.3) is 0 Å². The normalized spacial score (nSPS) is 11.0. The Hall–Kier alpha value is -2.94. The van der Waals surface area contributed by atoms with Gasteiger partial charge in [0.1, 0.15) is 0 Å². The molecule has 0 saturated carbocycles. The van der Waals surface area contributed by atoms with Crippen LogP contribution in [-0.2, 0) is 0 Å². The van der Waals surface area contributed by atoms with Crippen molar-refractivity contribution in [2.45, 2.75) is 13.8 Å². The summed E-state index contributed by atoms with van der Waals surface area (Å²) in [4.78, 5) is 0. The molecule has 0 aliphatic rings. The summed E-state index contributed by atoms with van der Waals surface area (Å²) in [5, 5.41) is 8.68. The quantitative estimate of drug-likeness (QED) is 0.470. The van der Waals surface area contributed by atoms with Crippen molar-refractivity contribution in [2.75, 3.05) is 5.73 Å². The molecule has 0 bridgehead atoms. The van der Waals surface area contributed by atoms with Gasteiger partial charge in [0.15, 0.2) is 0 Å². The molecule has 0 aliphatic heterocycles. The van der Waals surface area contributed by atoms with Crippen molar-refractivity contribution >= 4 is 17.1 Å². The zero-order valence-corrected chi connectivity index (χ0v) is 13.3. The molecule has 3 rings (SSSR count). The van der Waals surface area contributed by atoms with Crippen LogP contribution in [0.5, 0.6) is 0 Å². The molecule has 0 spiro atoms. The van der Waals surface area contributed by atoms with E-state index in [1.807, 2.05) is 56.3 Å². The highest BCUT2D eigenvalue weighted by molar-refractivity contribution is 5.65. The minimum Gasteiger partial charge on any atom is -0.399 e. The van der Waals surface area contributed by atoms with Gasteiger partial charge in [-0.3, -0.25) is 0 Å². The number of nitrogens with zero attached hydrogens (tertiary/aromatic N) is 2. The zero-order valence-electron chi connectivity index (χ0n) is 13.3. The van der Waals surface area contributed by atoms with E-state index >= 15 is 0 Å². The van der Waals surface area contributed by atoms with Crippen LogP contribution >= 0.6 is 0 Å². The zero-order chi connectivity index (χ0) is 16.2. The minimum absolute atomic E-state index is 0.786. The summed E-state index contributed by atoms with van der Waals surface area (Å²) < 4.78 is 0. The van der Waals surface area contributed by atoms with Gasteiger partial charge in [-0.15, -0.1) is 0 Å². The molecule has 0 aromatic heterocycles. The monoisotopic (exact) mass is 301 g/mol. The predicted molar refractivity (Wildman–Crippen MR) is 96.4 cm³/mol. The van der Waals surface area contributed by atoms with Crippen molar-refractivity contribution in [3.63, 3.8) is 0 Å². The molecule has 0 saturated heterocycles. The lowest BCUT2D eigenvalue weighted by molar-refractivity contribution is 1.19. The second kappa shape index (κ2) is 6.44. The van der Waals surface area contributed by atoms with Gasteiger partial charge in [0.2, 0.25) is 0 Å². The van der Waals surface area contributed by atoms with Crippen LogP contribution in [-0.4, -0.2) is 0 Å². The van der Waals surface area contributed by atoms with Crippen LogP contribution in [0.3, 0.4) is 0 Å². The second-order valence-electron chi connectivity index (χ2n) is 5.54. The summed E-state index contributed by atoms with van der Waals surface area (Å²) in [7, 11) is 0. The van der Waals surface area contributed by atoms with Gasteiger partial charge in [0, 0.05) is 5.69 Å². The Balaban J connectivity index is 1.83. The maximum atomic E-state index is 5.90. The van der Waals surface area contributed by atoms with Crippen LogP contribution in [0, 0.1) is 13.8 Å². The standard InChI is InChI=1S/C20H19N3/c1-14-15(2)20(13-12-19(14)21)23-22-18-10-8-17(9-11-18)16-6-4-3-5-7-16/h3-13H,21H2,1-2H3. The molecule has 0 fully saturated rings. The van der Waals surface area contributed by atoms with Gasteiger partial charge >= 0.3 is 0 Å². The topological polar surface area (TPSA) is 50.7 Å². The summed E-state index contributed by atoms with van der Waals surface area (Å²) >= 11 is 0. The van der Waals surface area contributed by atoms with Gasteiger partial charge in [-0.25, -0.2) is 0 Å². The van der Waals surface area contributed by atoms with Crippen molar-refractivity contribution in [3.8, 4) is 11.1 Å². The smallest absolute Gasteiger partial charge is 0.0890 e. The first-order chi connectivity index (χ1) is 11.1. The highest BCUT2D eigenvalue weighted by atomic mass is 15.1. The van der Waals surface area contributed by atoms with E-state index in [0.29, 0.717) is 0 Å². The molecule has 0 radical (unpaired) electrons. The fraction of sp³-hybridized carbons (Fsp3) is 0.100. The molecule has 0 aliphatic carbocycles. The number of hydrogen-bond acceptors (Lipinski definition) is 3. The number of azo groups is 1. The van der Waals surface area contributed by atoms with Crippen LogP contribution in [0.25, 0.3) is 11.1 Å². The molecule has 0 unspecified atom stereocenters.